The average molecular weight is 493 g/mol. The molecule has 0 rings (SSSR count). The molecule has 0 fully saturated rings. The van der Waals surface area contributed by atoms with Gasteiger partial charge in [0.2, 0.25) is 0 Å². The van der Waals surface area contributed by atoms with Gasteiger partial charge in [0.15, 0.2) is 0 Å². The van der Waals surface area contributed by atoms with E-state index in [2.05, 4.69) is 0 Å². The fraction of sp³-hybridized carbons (Fsp3) is 0. The van der Waals surface area contributed by atoms with E-state index in [0.29, 0.717) is 0 Å². The monoisotopic (exact) mass is 495 g/mol. The zero-order chi connectivity index (χ0) is 0. The quantitative estimate of drug-likeness (QED) is 0.363. The maximum atomic E-state index is 0. The molecule has 0 aromatic carbocycles. The summed E-state index contributed by atoms with van der Waals surface area (Å²) >= 11 is 0. The molecule has 0 unspecified atom stereocenters. The molecule has 3 radical (unpaired) electrons. The Hall–Kier alpha value is 4.13. The summed E-state index contributed by atoms with van der Waals surface area (Å²) in [6.45, 7) is 0. The second-order valence-electron chi connectivity index (χ2n) is 0. The van der Waals surface area contributed by atoms with E-state index < -0.39 is 0 Å². The molecule has 0 heterocycles. The summed E-state index contributed by atoms with van der Waals surface area (Å²) in [5.41, 5.74) is 0. The molecule has 0 aromatic rings. The van der Waals surface area contributed by atoms with Crippen molar-refractivity contribution < 1.29 is 107 Å². The van der Waals surface area contributed by atoms with E-state index in [1.165, 1.54) is 0 Å². The number of rotatable bonds is 0. The van der Waals surface area contributed by atoms with Crippen LogP contribution in [0.5, 0.6) is 0 Å². The Morgan fingerprint density at radius 1 is 0.500 bits per heavy atom. The van der Waals surface area contributed by atoms with E-state index in [-0.39, 0.29) is 124 Å². The maximum absolute atomic E-state index is 0. The van der Waals surface area contributed by atoms with Crippen LogP contribution in [0.3, 0.4) is 0 Å². The molecule has 0 atom stereocenters. The summed E-state index contributed by atoms with van der Waals surface area (Å²) in [5, 5.41) is 0. The van der Waals surface area contributed by atoms with Gasteiger partial charge in [-0.1, -0.05) is 0 Å². The van der Waals surface area contributed by atoms with Crippen LogP contribution in [0, 0.1) is 107 Å². The standard InChI is InChI=1S/GeH4.3La/h1H4;;;. The smallest absolute Gasteiger partial charge is 0 e. The Labute approximate surface area is 121 Å². The van der Waals surface area contributed by atoms with Crippen molar-refractivity contribution >= 4 is 17.6 Å². The topological polar surface area (TPSA) is 0 Å². The first kappa shape index (κ1) is 24.2. The number of hydrogen-bond donors (Lipinski definition) is 0. The van der Waals surface area contributed by atoms with Gasteiger partial charge in [0, 0.05) is 107 Å². The molecule has 17 valence electrons. The van der Waals surface area contributed by atoms with Gasteiger partial charge in [-0.05, 0) is 0 Å². The molecule has 0 aliphatic rings. The zero-order valence-corrected chi connectivity index (χ0v) is 12.6. The molecule has 0 aliphatic heterocycles. The van der Waals surface area contributed by atoms with Crippen LogP contribution in [-0.4, -0.2) is 17.6 Å². The normalized spacial score (nSPS) is 0. The van der Waals surface area contributed by atoms with Crippen molar-refractivity contribution in [3.8, 4) is 0 Å². The summed E-state index contributed by atoms with van der Waals surface area (Å²) in [6, 6.07) is 0. The second kappa shape index (κ2) is 15.7. The molecule has 0 saturated heterocycles. The Balaban J connectivity index is 0. The van der Waals surface area contributed by atoms with Crippen molar-refractivity contribution in [2.75, 3.05) is 0 Å². The first-order chi connectivity index (χ1) is 0. The minimum atomic E-state index is 0. The van der Waals surface area contributed by atoms with Gasteiger partial charge < -0.3 is 0 Å². The molecule has 0 spiro atoms. The van der Waals surface area contributed by atoms with Crippen LogP contribution in [0.4, 0.5) is 0 Å². The van der Waals surface area contributed by atoms with Gasteiger partial charge in [-0.2, -0.15) is 0 Å². The third-order valence-corrected chi connectivity index (χ3v) is 0. The maximum Gasteiger partial charge on any atom is 0 e. The minimum absolute atomic E-state index is 0. The fourth-order valence-corrected chi connectivity index (χ4v) is 0. The SMILES string of the molecule is [GeH4].[La].[La].[La]. The summed E-state index contributed by atoms with van der Waals surface area (Å²) in [7, 11) is 0. The molecule has 0 N–H and O–H groups in total. The molecule has 0 aromatic heterocycles. The molecule has 4 heavy (non-hydrogen) atoms. The Bertz CT molecular complexity index is 3.25. The van der Waals surface area contributed by atoms with Crippen LogP contribution in [0.1, 0.15) is 0 Å². The third kappa shape index (κ3) is 9.46. The summed E-state index contributed by atoms with van der Waals surface area (Å²) < 4.78 is 0. The largest absolute Gasteiger partial charge is 0 e. The van der Waals surface area contributed by atoms with Crippen molar-refractivity contribution in [1.82, 2.24) is 0 Å². The molecule has 0 amide bonds. The average Bonchev–Trinajstić information content (AvgIpc) is 0. The van der Waals surface area contributed by atoms with Crippen molar-refractivity contribution in [3.63, 3.8) is 0 Å². The molecule has 0 saturated carbocycles. The van der Waals surface area contributed by atoms with Gasteiger partial charge in [0.25, 0.3) is 0 Å². The molecule has 4 heteroatoms. The predicted octanol–water partition coefficient (Wildman–Crippen LogP) is -1.45. The van der Waals surface area contributed by atoms with Gasteiger partial charge in [-0.25, -0.2) is 0 Å². The zero-order valence-electron chi connectivity index (χ0n) is 1.73. The summed E-state index contributed by atoms with van der Waals surface area (Å²) in [6.07, 6.45) is 0. The fourth-order valence-electron chi connectivity index (χ4n) is 0. The molecule has 0 nitrogen and oxygen atoms in total. The van der Waals surface area contributed by atoms with Gasteiger partial charge in [0.05, 0.1) is 0 Å². The predicted molar refractivity (Wildman–Crippen MR) is 11.3 cm³/mol. The molecule has 0 aliphatic carbocycles. The third-order valence-electron chi connectivity index (χ3n) is 0. The minimum Gasteiger partial charge on any atom is 0 e. The van der Waals surface area contributed by atoms with Crippen LogP contribution in [-0.2, 0) is 0 Å². The van der Waals surface area contributed by atoms with Crippen LogP contribution in [0.15, 0.2) is 0 Å². The number of hydrogen-bond acceptors (Lipinski definition) is 0. The van der Waals surface area contributed by atoms with Crippen molar-refractivity contribution in [2.45, 2.75) is 0 Å². The van der Waals surface area contributed by atoms with E-state index in [1.54, 1.807) is 0 Å². The Morgan fingerprint density at radius 2 is 0.500 bits per heavy atom. The van der Waals surface area contributed by atoms with E-state index in [4.69, 9.17) is 0 Å². The van der Waals surface area contributed by atoms with Gasteiger partial charge in [0.1, 0.15) is 0 Å². The molecular weight excluding hydrogens is 489 g/mol. The first-order valence-electron chi connectivity index (χ1n) is 0. The van der Waals surface area contributed by atoms with Crippen LogP contribution >= 0.6 is 0 Å². The van der Waals surface area contributed by atoms with Crippen LogP contribution in [0.2, 0.25) is 0 Å². The molecule has 0 bridgehead atoms. The van der Waals surface area contributed by atoms with E-state index in [1.807, 2.05) is 0 Å². The van der Waals surface area contributed by atoms with Gasteiger partial charge in [-0.3, -0.25) is 0 Å². The summed E-state index contributed by atoms with van der Waals surface area (Å²) in [4.78, 5) is 0. The Morgan fingerprint density at radius 3 is 0.500 bits per heavy atom. The van der Waals surface area contributed by atoms with Gasteiger partial charge in [-0.15, -0.1) is 0 Å². The summed E-state index contributed by atoms with van der Waals surface area (Å²) in [5.74, 6) is 0. The second-order valence-corrected chi connectivity index (χ2v) is 0. The van der Waals surface area contributed by atoms with Crippen LogP contribution < -0.4 is 0 Å². The van der Waals surface area contributed by atoms with Crippen molar-refractivity contribution in [3.05, 3.63) is 0 Å². The van der Waals surface area contributed by atoms with Crippen LogP contribution in [0.25, 0.3) is 0 Å². The van der Waals surface area contributed by atoms with E-state index >= 15 is 0 Å². The van der Waals surface area contributed by atoms with Crippen molar-refractivity contribution in [2.24, 2.45) is 0 Å². The van der Waals surface area contributed by atoms with Gasteiger partial charge >= 0.3 is 17.6 Å². The first-order valence-corrected chi connectivity index (χ1v) is 0. The molecular formula is H4GeLa3. The van der Waals surface area contributed by atoms with Crippen molar-refractivity contribution in [1.29, 1.82) is 0 Å². The Kier molecular flexibility index (Phi) is 95.2. The van der Waals surface area contributed by atoms with E-state index in [0.717, 1.165) is 0 Å². The van der Waals surface area contributed by atoms with E-state index in [9.17, 15) is 0 Å².